The molecule has 0 saturated carbocycles. The van der Waals surface area contributed by atoms with Crippen molar-refractivity contribution in [1.29, 1.82) is 0 Å². The van der Waals surface area contributed by atoms with Crippen molar-refractivity contribution in [3.05, 3.63) is 54.1 Å². The van der Waals surface area contributed by atoms with Gasteiger partial charge in [0.1, 0.15) is 5.75 Å². The standard InChI is InChI=1S/C25H28N4O3S/c1-4-6-11-16-31-20-15-10-8-13-18(20)24-29(21(30)5-2)19-14-9-7-12-17(19)22-23(32-24)26-25(33-3)28-27-22/h7-10,12-15,24H,4-6,11,16H2,1-3H3/t24-/m1/s1. The van der Waals surface area contributed by atoms with E-state index in [1.165, 1.54) is 11.8 Å². The number of carbonyl (C=O) groups is 1. The molecule has 0 aliphatic carbocycles. The van der Waals surface area contributed by atoms with E-state index < -0.39 is 6.23 Å². The number of anilines is 1. The average Bonchev–Trinajstić information content (AvgIpc) is 3.00. The number of amides is 1. The van der Waals surface area contributed by atoms with Crippen molar-refractivity contribution in [1.82, 2.24) is 15.2 Å². The summed E-state index contributed by atoms with van der Waals surface area (Å²) < 4.78 is 12.6. The molecule has 2 aromatic carbocycles. The molecule has 1 aromatic heterocycles. The molecule has 1 aliphatic heterocycles. The van der Waals surface area contributed by atoms with Gasteiger partial charge in [0.25, 0.3) is 0 Å². The van der Waals surface area contributed by atoms with Crippen LogP contribution in [-0.4, -0.2) is 34.0 Å². The van der Waals surface area contributed by atoms with E-state index in [0.29, 0.717) is 41.2 Å². The first-order valence-electron chi connectivity index (χ1n) is 11.3. The minimum absolute atomic E-state index is 0.0703. The van der Waals surface area contributed by atoms with Crippen LogP contribution in [0.5, 0.6) is 11.6 Å². The Bertz CT molecular complexity index is 1120. The van der Waals surface area contributed by atoms with Gasteiger partial charge in [-0.25, -0.2) is 0 Å². The Hall–Kier alpha value is -3.13. The number of para-hydroxylation sites is 2. The third kappa shape index (κ3) is 4.80. The second-order valence-electron chi connectivity index (χ2n) is 7.65. The molecule has 2 heterocycles. The molecule has 3 aromatic rings. The number of thioether (sulfide) groups is 1. The van der Waals surface area contributed by atoms with Crippen molar-refractivity contribution in [3.63, 3.8) is 0 Å². The van der Waals surface area contributed by atoms with Gasteiger partial charge in [0.15, 0.2) is 5.69 Å². The lowest BCUT2D eigenvalue weighted by atomic mass is 10.1. The zero-order chi connectivity index (χ0) is 23.2. The zero-order valence-corrected chi connectivity index (χ0v) is 20.0. The topological polar surface area (TPSA) is 77.4 Å². The fourth-order valence-corrected chi connectivity index (χ4v) is 4.09. The Morgan fingerprint density at radius 2 is 1.88 bits per heavy atom. The molecule has 1 amide bonds. The van der Waals surface area contributed by atoms with Crippen molar-refractivity contribution in [2.75, 3.05) is 17.8 Å². The van der Waals surface area contributed by atoms with E-state index >= 15 is 0 Å². The van der Waals surface area contributed by atoms with Gasteiger partial charge in [0.05, 0.1) is 17.9 Å². The van der Waals surface area contributed by atoms with E-state index in [1.807, 2.05) is 61.7 Å². The quantitative estimate of drug-likeness (QED) is 0.314. The molecule has 4 rings (SSSR count). The molecule has 1 atom stereocenters. The summed E-state index contributed by atoms with van der Waals surface area (Å²) >= 11 is 1.39. The normalized spacial score (nSPS) is 14.6. The van der Waals surface area contributed by atoms with Gasteiger partial charge in [-0.15, -0.1) is 10.2 Å². The second-order valence-corrected chi connectivity index (χ2v) is 8.42. The Labute approximate surface area is 198 Å². The lowest BCUT2D eigenvalue weighted by molar-refractivity contribution is -0.120. The van der Waals surface area contributed by atoms with Gasteiger partial charge in [-0.05, 0) is 30.9 Å². The highest BCUT2D eigenvalue weighted by Crippen LogP contribution is 2.45. The van der Waals surface area contributed by atoms with E-state index in [4.69, 9.17) is 9.47 Å². The number of nitrogens with zero attached hydrogens (tertiary/aromatic N) is 4. The van der Waals surface area contributed by atoms with Crippen molar-refractivity contribution >= 4 is 23.4 Å². The van der Waals surface area contributed by atoms with Crippen LogP contribution in [0.4, 0.5) is 5.69 Å². The van der Waals surface area contributed by atoms with Gasteiger partial charge in [0, 0.05) is 12.0 Å². The van der Waals surface area contributed by atoms with Crippen molar-refractivity contribution in [2.45, 2.75) is 50.9 Å². The molecule has 7 nitrogen and oxygen atoms in total. The number of carbonyl (C=O) groups excluding carboxylic acids is 1. The van der Waals surface area contributed by atoms with Crippen LogP contribution >= 0.6 is 11.8 Å². The average molecular weight is 465 g/mol. The number of rotatable bonds is 8. The van der Waals surface area contributed by atoms with E-state index in [9.17, 15) is 4.79 Å². The summed E-state index contributed by atoms with van der Waals surface area (Å²) in [6.07, 6.45) is 4.63. The van der Waals surface area contributed by atoms with Crippen LogP contribution in [0.2, 0.25) is 0 Å². The highest BCUT2D eigenvalue weighted by Gasteiger charge is 2.36. The molecule has 1 aliphatic rings. The van der Waals surface area contributed by atoms with E-state index in [1.54, 1.807) is 4.90 Å². The molecule has 0 saturated heterocycles. The zero-order valence-electron chi connectivity index (χ0n) is 19.2. The van der Waals surface area contributed by atoms with Crippen LogP contribution in [0.3, 0.4) is 0 Å². The third-order valence-electron chi connectivity index (χ3n) is 5.46. The molecule has 172 valence electrons. The lowest BCUT2D eigenvalue weighted by Gasteiger charge is -2.31. The maximum Gasteiger partial charge on any atom is 0.247 e. The Morgan fingerprint density at radius 3 is 2.67 bits per heavy atom. The van der Waals surface area contributed by atoms with E-state index in [-0.39, 0.29) is 5.91 Å². The van der Waals surface area contributed by atoms with Gasteiger partial charge >= 0.3 is 0 Å². The maximum atomic E-state index is 13.3. The minimum Gasteiger partial charge on any atom is -0.493 e. The summed E-state index contributed by atoms with van der Waals surface area (Å²) in [5.74, 6) is 0.971. The van der Waals surface area contributed by atoms with Crippen molar-refractivity contribution < 1.29 is 14.3 Å². The number of aromatic nitrogens is 3. The summed E-state index contributed by atoms with van der Waals surface area (Å²) in [5.41, 5.74) is 2.75. The fraction of sp³-hybridized carbons (Fsp3) is 0.360. The van der Waals surface area contributed by atoms with Gasteiger partial charge in [-0.1, -0.05) is 68.8 Å². The molecule has 0 fully saturated rings. The number of ether oxygens (including phenoxy) is 2. The predicted octanol–water partition coefficient (Wildman–Crippen LogP) is 5.66. The van der Waals surface area contributed by atoms with Crippen LogP contribution < -0.4 is 14.4 Å². The smallest absolute Gasteiger partial charge is 0.247 e. The summed E-state index contributed by atoms with van der Waals surface area (Å²) in [6, 6.07) is 15.3. The Kier molecular flexibility index (Phi) is 7.44. The van der Waals surface area contributed by atoms with Gasteiger partial charge in [-0.3, -0.25) is 9.69 Å². The molecular formula is C25H28N4O3S. The minimum atomic E-state index is -0.756. The molecule has 8 heteroatoms. The van der Waals surface area contributed by atoms with Crippen LogP contribution in [0.1, 0.15) is 51.3 Å². The first-order valence-corrected chi connectivity index (χ1v) is 12.5. The second kappa shape index (κ2) is 10.7. The van der Waals surface area contributed by atoms with Crippen LogP contribution in [0.15, 0.2) is 53.7 Å². The van der Waals surface area contributed by atoms with Crippen molar-refractivity contribution in [2.24, 2.45) is 0 Å². The number of hydrogen-bond donors (Lipinski definition) is 0. The summed E-state index contributed by atoms with van der Waals surface area (Å²) in [5, 5.41) is 9.12. The number of hydrogen-bond acceptors (Lipinski definition) is 7. The molecule has 33 heavy (non-hydrogen) atoms. The lowest BCUT2D eigenvalue weighted by Crippen LogP contribution is -2.37. The highest BCUT2D eigenvalue weighted by molar-refractivity contribution is 7.98. The highest BCUT2D eigenvalue weighted by atomic mass is 32.2. The van der Waals surface area contributed by atoms with Crippen LogP contribution in [0, 0.1) is 0 Å². The molecule has 0 radical (unpaired) electrons. The molecule has 0 unspecified atom stereocenters. The van der Waals surface area contributed by atoms with Crippen molar-refractivity contribution in [3.8, 4) is 22.9 Å². The van der Waals surface area contributed by atoms with Crippen LogP contribution in [0.25, 0.3) is 11.3 Å². The largest absolute Gasteiger partial charge is 0.493 e. The van der Waals surface area contributed by atoms with Gasteiger partial charge in [-0.2, -0.15) is 4.98 Å². The Morgan fingerprint density at radius 1 is 1.09 bits per heavy atom. The summed E-state index contributed by atoms with van der Waals surface area (Å²) in [6.45, 7) is 4.61. The monoisotopic (exact) mass is 464 g/mol. The molecular weight excluding hydrogens is 436 g/mol. The first-order chi connectivity index (χ1) is 16.2. The SMILES string of the molecule is CCCCCOc1ccccc1[C@H]1Oc2nc(SC)nnc2-c2ccccc2N1C(=O)CC. The molecule has 0 N–H and O–H groups in total. The van der Waals surface area contributed by atoms with E-state index in [0.717, 1.165) is 30.4 Å². The van der Waals surface area contributed by atoms with Crippen LogP contribution in [-0.2, 0) is 4.79 Å². The Balaban J connectivity index is 1.86. The summed E-state index contributed by atoms with van der Waals surface area (Å²) in [7, 11) is 0. The number of benzene rings is 2. The number of unbranched alkanes of at least 4 members (excludes halogenated alkanes) is 2. The summed E-state index contributed by atoms with van der Waals surface area (Å²) in [4.78, 5) is 19.6. The maximum absolute atomic E-state index is 13.3. The van der Waals surface area contributed by atoms with E-state index in [2.05, 4.69) is 22.1 Å². The predicted molar refractivity (Wildman–Crippen MR) is 130 cm³/mol. The number of fused-ring (bicyclic) bond motifs is 3. The molecule has 0 bridgehead atoms. The fourth-order valence-electron chi connectivity index (χ4n) is 3.79. The third-order valence-corrected chi connectivity index (χ3v) is 5.99. The first kappa shape index (κ1) is 23.0. The molecule has 0 spiro atoms. The van der Waals surface area contributed by atoms with Gasteiger partial charge in [0.2, 0.25) is 23.2 Å². The van der Waals surface area contributed by atoms with Gasteiger partial charge < -0.3 is 9.47 Å².